The minimum atomic E-state index is -0.0845. The third kappa shape index (κ3) is 3.34. The standard InChI is InChI=1S/C15H16Cl2N2O2/c1-8(2)5-10-9(3)18-19(4)15(10)21-14-7-13(20)11(16)6-12(14)17/h5-7,20H,1-4H3. The number of rotatable bonds is 3. The number of hydrogen-bond acceptors (Lipinski definition) is 3. The second kappa shape index (κ2) is 6.00. The third-order valence-corrected chi connectivity index (χ3v) is 3.45. The van der Waals surface area contributed by atoms with Gasteiger partial charge in [-0.3, -0.25) is 0 Å². The lowest BCUT2D eigenvalue weighted by Gasteiger charge is -2.10. The predicted molar refractivity (Wildman–Crippen MR) is 85.5 cm³/mol. The molecule has 4 nitrogen and oxygen atoms in total. The first kappa shape index (κ1) is 15.7. The van der Waals surface area contributed by atoms with E-state index in [9.17, 15) is 5.11 Å². The maximum absolute atomic E-state index is 9.69. The zero-order valence-corrected chi connectivity index (χ0v) is 13.7. The molecule has 1 heterocycles. The summed E-state index contributed by atoms with van der Waals surface area (Å²) in [5, 5.41) is 14.5. The van der Waals surface area contributed by atoms with E-state index in [1.54, 1.807) is 11.7 Å². The van der Waals surface area contributed by atoms with E-state index >= 15 is 0 Å². The number of aromatic nitrogens is 2. The molecule has 0 atom stereocenters. The summed E-state index contributed by atoms with van der Waals surface area (Å²) in [7, 11) is 1.79. The van der Waals surface area contributed by atoms with Crippen molar-refractivity contribution in [1.82, 2.24) is 9.78 Å². The molecule has 0 amide bonds. The van der Waals surface area contributed by atoms with Gasteiger partial charge >= 0.3 is 0 Å². The van der Waals surface area contributed by atoms with E-state index in [1.807, 2.05) is 26.8 Å². The molecule has 112 valence electrons. The molecule has 2 rings (SSSR count). The van der Waals surface area contributed by atoms with Gasteiger partial charge in [-0.15, -0.1) is 0 Å². The minimum Gasteiger partial charge on any atom is -0.506 e. The van der Waals surface area contributed by atoms with Crippen LogP contribution in [0.25, 0.3) is 6.08 Å². The van der Waals surface area contributed by atoms with Crippen molar-refractivity contribution in [2.24, 2.45) is 7.05 Å². The van der Waals surface area contributed by atoms with Gasteiger partial charge in [0.15, 0.2) is 5.75 Å². The average Bonchev–Trinajstić information content (AvgIpc) is 2.62. The molecule has 6 heteroatoms. The van der Waals surface area contributed by atoms with Crippen LogP contribution in [0.15, 0.2) is 17.7 Å². The van der Waals surface area contributed by atoms with Crippen LogP contribution >= 0.6 is 23.2 Å². The number of benzene rings is 1. The lowest BCUT2D eigenvalue weighted by molar-refractivity contribution is 0.422. The van der Waals surface area contributed by atoms with E-state index in [4.69, 9.17) is 27.9 Å². The van der Waals surface area contributed by atoms with Crippen molar-refractivity contribution in [2.75, 3.05) is 0 Å². The molecule has 0 radical (unpaired) electrons. The van der Waals surface area contributed by atoms with Crippen LogP contribution in [0, 0.1) is 6.92 Å². The van der Waals surface area contributed by atoms with Crippen molar-refractivity contribution in [2.45, 2.75) is 20.8 Å². The molecule has 0 spiro atoms. The Balaban J connectivity index is 2.50. The van der Waals surface area contributed by atoms with Gasteiger partial charge in [0, 0.05) is 13.1 Å². The fraction of sp³-hybridized carbons (Fsp3) is 0.267. The molecule has 0 aliphatic rings. The normalized spacial score (nSPS) is 10.6. The molecule has 1 N–H and O–H groups in total. The van der Waals surface area contributed by atoms with Gasteiger partial charge in [-0.25, -0.2) is 4.68 Å². The van der Waals surface area contributed by atoms with E-state index in [0.29, 0.717) is 16.7 Å². The van der Waals surface area contributed by atoms with Gasteiger partial charge in [0.05, 0.1) is 21.3 Å². The van der Waals surface area contributed by atoms with Gasteiger partial charge < -0.3 is 9.84 Å². The van der Waals surface area contributed by atoms with E-state index in [-0.39, 0.29) is 10.8 Å². The van der Waals surface area contributed by atoms with Gasteiger partial charge in [0.25, 0.3) is 0 Å². The second-order valence-corrected chi connectivity index (χ2v) is 5.80. The SMILES string of the molecule is CC(C)=Cc1c(C)nn(C)c1Oc1cc(O)c(Cl)cc1Cl. The lowest BCUT2D eigenvalue weighted by atomic mass is 10.2. The summed E-state index contributed by atoms with van der Waals surface area (Å²) < 4.78 is 7.46. The number of ether oxygens (including phenoxy) is 1. The minimum absolute atomic E-state index is 0.0845. The maximum Gasteiger partial charge on any atom is 0.225 e. The predicted octanol–water partition coefficient (Wildman–Crippen LogP) is 4.96. The number of phenols is 1. The third-order valence-electron chi connectivity index (χ3n) is 2.86. The largest absolute Gasteiger partial charge is 0.506 e. The Bertz CT molecular complexity index is 717. The van der Waals surface area contributed by atoms with Crippen molar-refractivity contribution >= 4 is 29.3 Å². The highest BCUT2D eigenvalue weighted by molar-refractivity contribution is 6.36. The Labute approximate surface area is 133 Å². The number of aromatic hydroxyl groups is 1. The van der Waals surface area contributed by atoms with Crippen LogP contribution in [-0.2, 0) is 7.05 Å². The Morgan fingerprint density at radius 1 is 1.29 bits per heavy atom. The first-order chi connectivity index (χ1) is 9.79. The van der Waals surface area contributed by atoms with Crippen LogP contribution in [-0.4, -0.2) is 14.9 Å². The fourth-order valence-corrected chi connectivity index (χ4v) is 2.35. The Morgan fingerprint density at radius 3 is 2.57 bits per heavy atom. The lowest BCUT2D eigenvalue weighted by Crippen LogP contribution is -1.96. The zero-order chi connectivity index (χ0) is 15.7. The topological polar surface area (TPSA) is 47.3 Å². The number of hydrogen-bond donors (Lipinski definition) is 1. The number of nitrogens with zero attached hydrogens (tertiary/aromatic N) is 2. The summed E-state index contributed by atoms with van der Waals surface area (Å²) in [5.41, 5.74) is 2.85. The van der Waals surface area contributed by atoms with Crippen molar-refractivity contribution in [3.05, 3.63) is 39.0 Å². The summed E-state index contributed by atoms with van der Waals surface area (Å²) in [6, 6.07) is 2.83. The molecule has 0 bridgehead atoms. The van der Waals surface area contributed by atoms with E-state index < -0.39 is 0 Å². The number of allylic oxidation sites excluding steroid dienone is 1. The highest BCUT2D eigenvalue weighted by atomic mass is 35.5. The van der Waals surface area contributed by atoms with Crippen LogP contribution in [0.2, 0.25) is 10.0 Å². The van der Waals surface area contributed by atoms with Gasteiger partial charge in [0.2, 0.25) is 5.88 Å². The molecule has 1 aromatic carbocycles. The first-order valence-corrected chi connectivity index (χ1v) is 7.09. The summed E-state index contributed by atoms with van der Waals surface area (Å²) in [5.74, 6) is 0.793. The summed E-state index contributed by atoms with van der Waals surface area (Å²) in [6.45, 7) is 5.90. The molecule has 0 aliphatic heterocycles. The van der Waals surface area contributed by atoms with Crippen LogP contribution in [0.1, 0.15) is 25.1 Å². The molecular weight excluding hydrogens is 311 g/mol. The summed E-state index contributed by atoms with van der Waals surface area (Å²) in [6.07, 6.45) is 1.99. The Kier molecular flexibility index (Phi) is 4.49. The van der Waals surface area contributed by atoms with Crippen LogP contribution in [0.5, 0.6) is 17.4 Å². The van der Waals surface area contributed by atoms with Crippen LogP contribution in [0.4, 0.5) is 0 Å². The second-order valence-electron chi connectivity index (χ2n) is 4.99. The van der Waals surface area contributed by atoms with Crippen molar-refractivity contribution in [3.63, 3.8) is 0 Å². The van der Waals surface area contributed by atoms with Crippen LogP contribution < -0.4 is 4.74 Å². The summed E-state index contributed by atoms with van der Waals surface area (Å²) in [4.78, 5) is 0. The van der Waals surface area contributed by atoms with Gasteiger partial charge in [0.1, 0.15) is 5.75 Å². The molecule has 2 aromatic rings. The number of aryl methyl sites for hydroxylation is 2. The van der Waals surface area contributed by atoms with Gasteiger partial charge in [-0.1, -0.05) is 28.8 Å². The number of phenolic OH excluding ortho intramolecular Hbond substituents is 1. The molecule has 21 heavy (non-hydrogen) atoms. The van der Waals surface area contributed by atoms with E-state index in [0.717, 1.165) is 16.8 Å². The Morgan fingerprint density at radius 2 is 1.95 bits per heavy atom. The summed E-state index contributed by atoms with van der Waals surface area (Å²) >= 11 is 11.9. The highest BCUT2D eigenvalue weighted by Crippen LogP contribution is 2.38. The smallest absolute Gasteiger partial charge is 0.225 e. The van der Waals surface area contributed by atoms with Gasteiger partial charge in [-0.2, -0.15) is 5.10 Å². The molecular formula is C15H16Cl2N2O2. The maximum atomic E-state index is 9.69. The van der Waals surface area contributed by atoms with Crippen molar-refractivity contribution in [3.8, 4) is 17.4 Å². The molecule has 0 saturated carbocycles. The van der Waals surface area contributed by atoms with Crippen LogP contribution in [0.3, 0.4) is 0 Å². The fourth-order valence-electron chi connectivity index (χ4n) is 1.93. The van der Waals surface area contributed by atoms with Crippen molar-refractivity contribution < 1.29 is 9.84 Å². The van der Waals surface area contributed by atoms with E-state index in [1.165, 1.54) is 12.1 Å². The monoisotopic (exact) mass is 326 g/mol. The first-order valence-electron chi connectivity index (χ1n) is 6.34. The molecule has 1 aromatic heterocycles. The molecule has 0 unspecified atom stereocenters. The molecule has 0 saturated heterocycles. The zero-order valence-electron chi connectivity index (χ0n) is 12.2. The van der Waals surface area contributed by atoms with Gasteiger partial charge in [-0.05, 0) is 32.9 Å². The van der Waals surface area contributed by atoms with E-state index in [2.05, 4.69) is 5.10 Å². The Hall–Kier alpha value is -1.65. The molecule has 0 fully saturated rings. The average molecular weight is 327 g/mol. The van der Waals surface area contributed by atoms with Crippen molar-refractivity contribution in [1.29, 1.82) is 0 Å². The highest BCUT2D eigenvalue weighted by Gasteiger charge is 2.16. The molecule has 0 aliphatic carbocycles. The number of halogens is 2. The quantitative estimate of drug-likeness (QED) is 0.867.